The van der Waals surface area contributed by atoms with E-state index in [4.69, 9.17) is 5.11 Å². The van der Waals surface area contributed by atoms with E-state index in [1.807, 2.05) is 31.2 Å². The first-order chi connectivity index (χ1) is 10.0. The van der Waals surface area contributed by atoms with Crippen LogP contribution in [-0.4, -0.2) is 27.7 Å². The molecule has 0 aliphatic rings. The molecule has 0 fully saturated rings. The lowest BCUT2D eigenvalue weighted by Crippen LogP contribution is -2.14. The Kier molecular flexibility index (Phi) is 5.35. The largest absolute Gasteiger partial charge is 0.481 e. The first-order valence-electron chi connectivity index (χ1n) is 6.19. The number of carboxylic acids is 1. The van der Waals surface area contributed by atoms with Gasteiger partial charge in [-0.2, -0.15) is 0 Å². The van der Waals surface area contributed by atoms with Crippen molar-refractivity contribution >= 4 is 40.1 Å². The summed E-state index contributed by atoms with van der Waals surface area (Å²) in [5.74, 6) is -0.800. The maximum Gasteiger partial charge on any atom is 0.309 e. The maximum absolute atomic E-state index is 11.8. The molecular formula is C14H14N2O3S2. The lowest BCUT2D eigenvalue weighted by atomic mass is 10.2. The molecule has 0 unspecified atom stereocenters. The van der Waals surface area contributed by atoms with Gasteiger partial charge in [0.05, 0.1) is 17.9 Å². The van der Waals surface area contributed by atoms with E-state index >= 15 is 0 Å². The molecule has 0 radical (unpaired) electrons. The molecule has 0 atom stereocenters. The van der Waals surface area contributed by atoms with E-state index in [0.717, 1.165) is 10.5 Å². The highest BCUT2D eigenvalue weighted by Crippen LogP contribution is 2.22. The van der Waals surface area contributed by atoms with Gasteiger partial charge >= 0.3 is 5.97 Å². The van der Waals surface area contributed by atoms with Crippen LogP contribution in [0.5, 0.6) is 0 Å². The zero-order chi connectivity index (χ0) is 15.2. The van der Waals surface area contributed by atoms with Crippen LogP contribution in [0.15, 0.2) is 34.5 Å². The molecule has 0 spiro atoms. The van der Waals surface area contributed by atoms with Crippen LogP contribution < -0.4 is 5.32 Å². The highest BCUT2D eigenvalue weighted by molar-refractivity contribution is 8.00. The molecular weight excluding hydrogens is 308 g/mol. The van der Waals surface area contributed by atoms with Crippen molar-refractivity contribution in [3.63, 3.8) is 0 Å². The number of hydrogen-bond acceptors (Lipinski definition) is 5. The average Bonchev–Trinajstić information content (AvgIpc) is 2.84. The monoisotopic (exact) mass is 322 g/mol. The Morgan fingerprint density at radius 2 is 2.14 bits per heavy atom. The molecule has 2 rings (SSSR count). The number of carbonyl (C=O) groups is 2. The van der Waals surface area contributed by atoms with Gasteiger partial charge in [0, 0.05) is 10.3 Å². The average molecular weight is 322 g/mol. The fourth-order valence-electron chi connectivity index (χ4n) is 1.62. The molecule has 2 aromatic rings. The first-order valence-corrected chi connectivity index (χ1v) is 8.05. The fraction of sp³-hybridized carbons (Fsp3) is 0.214. The molecule has 5 nitrogen and oxygen atoms in total. The molecule has 7 heteroatoms. The van der Waals surface area contributed by atoms with Crippen molar-refractivity contribution < 1.29 is 14.7 Å². The molecule has 0 aliphatic heterocycles. The van der Waals surface area contributed by atoms with Gasteiger partial charge in [-0.25, -0.2) is 4.98 Å². The second kappa shape index (κ2) is 7.24. The summed E-state index contributed by atoms with van der Waals surface area (Å²) in [4.78, 5) is 27.5. The Bertz CT molecular complexity index is 655. The van der Waals surface area contributed by atoms with Gasteiger partial charge in [-0.3, -0.25) is 9.59 Å². The number of carbonyl (C=O) groups excluding carboxylic acids is 1. The molecule has 0 aliphatic carbocycles. The van der Waals surface area contributed by atoms with Gasteiger partial charge in [-0.1, -0.05) is 18.2 Å². The SMILES string of the molecule is Cc1ccccc1SCC(=O)Nc1nc(CC(=O)O)cs1. The van der Waals surface area contributed by atoms with Crippen molar-refractivity contribution in [2.24, 2.45) is 0 Å². The lowest BCUT2D eigenvalue weighted by Gasteiger charge is -2.04. The standard InChI is InChI=1S/C14H14N2O3S2/c1-9-4-2-3-5-11(9)20-8-12(17)16-14-15-10(7-21-14)6-13(18)19/h2-5,7H,6,8H2,1H3,(H,18,19)(H,15,16,17). The van der Waals surface area contributed by atoms with Crippen LogP contribution in [0.4, 0.5) is 5.13 Å². The molecule has 1 aromatic heterocycles. The summed E-state index contributed by atoms with van der Waals surface area (Å²) in [5.41, 5.74) is 1.59. The van der Waals surface area contributed by atoms with Gasteiger partial charge in [0.15, 0.2) is 5.13 Å². The minimum Gasteiger partial charge on any atom is -0.481 e. The first kappa shape index (κ1) is 15.5. The number of aryl methyl sites for hydroxylation is 1. The van der Waals surface area contributed by atoms with Crippen molar-refractivity contribution in [3.8, 4) is 0 Å². The number of nitrogens with one attached hydrogen (secondary N) is 1. The predicted molar refractivity (Wildman–Crippen MR) is 84.0 cm³/mol. The van der Waals surface area contributed by atoms with Gasteiger partial charge in [0.1, 0.15) is 0 Å². The third-order valence-corrected chi connectivity index (χ3v) is 4.56. The number of rotatable bonds is 6. The molecule has 110 valence electrons. The van der Waals surface area contributed by atoms with Crippen LogP contribution in [-0.2, 0) is 16.0 Å². The number of hydrogen-bond donors (Lipinski definition) is 2. The number of anilines is 1. The summed E-state index contributed by atoms with van der Waals surface area (Å²) >= 11 is 2.69. The van der Waals surface area contributed by atoms with Crippen molar-refractivity contribution in [1.82, 2.24) is 4.98 Å². The van der Waals surface area contributed by atoms with Crippen LogP contribution in [0.3, 0.4) is 0 Å². The van der Waals surface area contributed by atoms with Gasteiger partial charge in [0.2, 0.25) is 5.91 Å². The summed E-state index contributed by atoms with van der Waals surface area (Å²) < 4.78 is 0. The van der Waals surface area contributed by atoms with Gasteiger partial charge in [0.25, 0.3) is 0 Å². The number of aliphatic carboxylic acids is 1. The smallest absolute Gasteiger partial charge is 0.309 e. The molecule has 2 N–H and O–H groups in total. The molecule has 21 heavy (non-hydrogen) atoms. The van der Waals surface area contributed by atoms with Crippen molar-refractivity contribution in [3.05, 3.63) is 40.9 Å². The van der Waals surface area contributed by atoms with E-state index < -0.39 is 5.97 Å². The van der Waals surface area contributed by atoms with E-state index in [-0.39, 0.29) is 12.3 Å². The highest BCUT2D eigenvalue weighted by atomic mass is 32.2. The molecule has 0 saturated heterocycles. The Morgan fingerprint density at radius 1 is 1.38 bits per heavy atom. The number of nitrogens with zero attached hydrogens (tertiary/aromatic N) is 1. The summed E-state index contributed by atoms with van der Waals surface area (Å²) in [7, 11) is 0. The summed E-state index contributed by atoms with van der Waals surface area (Å²) in [5, 5.41) is 13.4. The van der Waals surface area contributed by atoms with Crippen LogP contribution in [0.1, 0.15) is 11.3 Å². The van der Waals surface area contributed by atoms with E-state index in [0.29, 0.717) is 16.6 Å². The summed E-state index contributed by atoms with van der Waals surface area (Å²) in [6.45, 7) is 2.00. The lowest BCUT2D eigenvalue weighted by molar-refractivity contribution is -0.136. The normalized spacial score (nSPS) is 10.3. The third kappa shape index (κ3) is 4.87. The van der Waals surface area contributed by atoms with Crippen molar-refractivity contribution in [2.45, 2.75) is 18.2 Å². The van der Waals surface area contributed by atoms with Crippen molar-refractivity contribution in [1.29, 1.82) is 0 Å². The Balaban J connectivity index is 1.86. The van der Waals surface area contributed by atoms with Crippen LogP contribution in [0.2, 0.25) is 0 Å². The Morgan fingerprint density at radius 3 is 2.86 bits per heavy atom. The number of thioether (sulfide) groups is 1. The molecule has 1 aromatic carbocycles. The zero-order valence-electron chi connectivity index (χ0n) is 11.3. The van der Waals surface area contributed by atoms with Crippen molar-refractivity contribution in [2.75, 3.05) is 11.1 Å². The number of benzene rings is 1. The Hall–Kier alpha value is -1.86. The highest BCUT2D eigenvalue weighted by Gasteiger charge is 2.09. The van der Waals surface area contributed by atoms with Gasteiger partial charge < -0.3 is 10.4 Å². The van der Waals surface area contributed by atoms with Crippen LogP contribution in [0.25, 0.3) is 0 Å². The number of amides is 1. The van der Waals surface area contributed by atoms with Gasteiger partial charge in [-0.15, -0.1) is 23.1 Å². The quantitative estimate of drug-likeness (QED) is 0.800. The van der Waals surface area contributed by atoms with E-state index in [1.54, 1.807) is 5.38 Å². The maximum atomic E-state index is 11.8. The number of thiazole rings is 1. The molecule has 1 heterocycles. The van der Waals surface area contributed by atoms with E-state index in [1.165, 1.54) is 23.1 Å². The Labute approximate surface area is 130 Å². The number of aromatic nitrogens is 1. The number of carboxylic acid groups (broad SMARTS) is 1. The topological polar surface area (TPSA) is 79.3 Å². The van der Waals surface area contributed by atoms with E-state index in [2.05, 4.69) is 10.3 Å². The second-order valence-electron chi connectivity index (χ2n) is 4.32. The third-order valence-electron chi connectivity index (χ3n) is 2.58. The minimum atomic E-state index is -0.937. The second-order valence-corrected chi connectivity index (χ2v) is 6.19. The predicted octanol–water partition coefficient (Wildman–Crippen LogP) is 2.81. The van der Waals surface area contributed by atoms with E-state index in [9.17, 15) is 9.59 Å². The molecule has 1 amide bonds. The van der Waals surface area contributed by atoms with Crippen LogP contribution in [0, 0.1) is 6.92 Å². The van der Waals surface area contributed by atoms with Crippen LogP contribution >= 0.6 is 23.1 Å². The fourth-order valence-corrected chi connectivity index (χ4v) is 3.17. The molecule has 0 bridgehead atoms. The summed E-state index contributed by atoms with van der Waals surface area (Å²) in [6.07, 6.45) is -0.135. The zero-order valence-corrected chi connectivity index (χ0v) is 13.0. The van der Waals surface area contributed by atoms with Gasteiger partial charge in [-0.05, 0) is 18.6 Å². The minimum absolute atomic E-state index is 0.135. The molecule has 0 saturated carbocycles. The summed E-state index contributed by atoms with van der Waals surface area (Å²) in [6, 6.07) is 7.87.